The molecule has 2 saturated heterocycles. The van der Waals surface area contributed by atoms with Crippen molar-refractivity contribution in [2.45, 2.75) is 33.0 Å². The van der Waals surface area contributed by atoms with E-state index in [2.05, 4.69) is 28.7 Å². The number of aromatic amines is 1. The number of hydrogen-bond donors (Lipinski definition) is 2. The van der Waals surface area contributed by atoms with Gasteiger partial charge < -0.3 is 19.7 Å². The van der Waals surface area contributed by atoms with Crippen LogP contribution in [0.4, 0.5) is 0 Å². The second-order valence-electron chi connectivity index (χ2n) is 7.30. The SMILES string of the molecule is Cc1cnc(C(=O)N2C[C@@H](CN3C[C@@H](C)O[C@@H](C)C3)[C@@H](CO)C2)[nH]1. The summed E-state index contributed by atoms with van der Waals surface area (Å²) in [4.78, 5) is 23.9. The Labute approximate surface area is 143 Å². The molecule has 7 heteroatoms. The summed E-state index contributed by atoms with van der Waals surface area (Å²) in [6.07, 6.45) is 2.12. The molecule has 0 aromatic carbocycles. The van der Waals surface area contributed by atoms with E-state index in [1.807, 2.05) is 11.8 Å². The van der Waals surface area contributed by atoms with Gasteiger partial charge in [-0.3, -0.25) is 9.69 Å². The van der Waals surface area contributed by atoms with Crippen LogP contribution in [0.15, 0.2) is 6.20 Å². The summed E-state index contributed by atoms with van der Waals surface area (Å²) in [5.41, 5.74) is 0.879. The Morgan fingerprint density at radius 3 is 2.54 bits per heavy atom. The predicted molar refractivity (Wildman–Crippen MR) is 89.7 cm³/mol. The van der Waals surface area contributed by atoms with Gasteiger partial charge in [0.15, 0.2) is 5.82 Å². The third kappa shape index (κ3) is 3.79. The molecule has 0 aliphatic carbocycles. The molecule has 0 spiro atoms. The van der Waals surface area contributed by atoms with Gasteiger partial charge in [-0.25, -0.2) is 4.98 Å². The summed E-state index contributed by atoms with van der Waals surface area (Å²) in [6, 6.07) is 0. The third-order valence-electron chi connectivity index (χ3n) is 4.99. The topological polar surface area (TPSA) is 81.7 Å². The van der Waals surface area contributed by atoms with Crippen LogP contribution in [0, 0.1) is 18.8 Å². The maximum Gasteiger partial charge on any atom is 0.289 e. The first-order valence-electron chi connectivity index (χ1n) is 8.75. The van der Waals surface area contributed by atoms with Gasteiger partial charge >= 0.3 is 0 Å². The van der Waals surface area contributed by atoms with Gasteiger partial charge in [-0.2, -0.15) is 0 Å². The summed E-state index contributed by atoms with van der Waals surface area (Å²) < 4.78 is 5.79. The van der Waals surface area contributed by atoms with Crippen LogP contribution in [0.2, 0.25) is 0 Å². The average Bonchev–Trinajstić information content (AvgIpc) is 3.12. The molecule has 1 aromatic heterocycles. The van der Waals surface area contributed by atoms with E-state index in [1.54, 1.807) is 6.20 Å². The van der Waals surface area contributed by atoms with Gasteiger partial charge in [0.25, 0.3) is 5.91 Å². The number of amides is 1. The largest absolute Gasteiger partial charge is 0.396 e. The molecule has 0 radical (unpaired) electrons. The van der Waals surface area contributed by atoms with Gasteiger partial charge in [0.1, 0.15) is 0 Å². The van der Waals surface area contributed by atoms with Gasteiger partial charge in [-0.15, -0.1) is 0 Å². The standard InChI is InChI=1S/C17H28N4O3/c1-11-4-18-16(19-11)17(23)21-8-14(15(9-21)10-22)7-20-5-12(2)24-13(3)6-20/h4,12-15,22H,5-10H2,1-3H3,(H,18,19)/t12-,13+,14-,15-/m1/s1. The van der Waals surface area contributed by atoms with E-state index in [0.29, 0.717) is 18.9 Å². The average molecular weight is 336 g/mol. The summed E-state index contributed by atoms with van der Waals surface area (Å²) in [5, 5.41) is 9.74. The zero-order valence-corrected chi connectivity index (χ0v) is 14.7. The molecule has 1 aromatic rings. The van der Waals surface area contributed by atoms with Gasteiger partial charge in [0, 0.05) is 57.1 Å². The quantitative estimate of drug-likeness (QED) is 0.837. The molecule has 2 fully saturated rings. The number of ether oxygens (including phenoxy) is 1. The van der Waals surface area contributed by atoms with Crippen molar-refractivity contribution in [1.29, 1.82) is 0 Å². The number of carbonyl (C=O) groups excluding carboxylic acids is 1. The molecule has 1 amide bonds. The number of H-pyrrole nitrogens is 1. The van der Waals surface area contributed by atoms with Crippen LogP contribution in [-0.2, 0) is 4.74 Å². The molecule has 0 bridgehead atoms. The number of aliphatic hydroxyl groups is 1. The lowest BCUT2D eigenvalue weighted by atomic mass is 9.96. The van der Waals surface area contributed by atoms with E-state index < -0.39 is 0 Å². The predicted octanol–water partition coefficient (Wildman–Crippen LogP) is 0.508. The van der Waals surface area contributed by atoms with E-state index in [-0.39, 0.29) is 36.6 Å². The van der Waals surface area contributed by atoms with E-state index in [1.165, 1.54) is 0 Å². The van der Waals surface area contributed by atoms with Crippen LogP contribution in [-0.4, -0.2) is 82.3 Å². The zero-order valence-electron chi connectivity index (χ0n) is 14.7. The van der Waals surface area contributed by atoms with Crippen LogP contribution in [0.25, 0.3) is 0 Å². The number of rotatable bonds is 4. The monoisotopic (exact) mass is 336 g/mol. The molecule has 0 unspecified atom stereocenters. The van der Waals surface area contributed by atoms with Crippen LogP contribution < -0.4 is 0 Å². The number of aromatic nitrogens is 2. The molecule has 7 nitrogen and oxygen atoms in total. The normalized spacial score (nSPS) is 31.6. The fraction of sp³-hybridized carbons (Fsp3) is 0.765. The highest BCUT2D eigenvalue weighted by atomic mass is 16.5. The highest BCUT2D eigenvalue weighted by Crippen LogP contribution is 2.26. The molecule has 24 heavy (non-hydrogen) atoms. The van der Waals surface area contributed by atoms with E-state index in [0.717, 1.165) is 25.3 Å². The van der Waals surface area contributed by atoms with Crippen molar-refractivity contribution in [3.05, 3.63) is 17.7 Å². The maximum atomic E-state index is 12.6. The molecule has 2 aliphatic rings. The van der Waals surface area contributed by atoms with Crippen LogP contribution in [0.1, 0.15) is 30.2 Å². The second-order valence-corrected chi connectivity index (χ2v) is 7.30. The first-order chi connectivity index (χ1) is 11.5. The van der Waals surface area contributed by atoms with E-state index >= 15 is 0 Å². The highest BCUT2D eigenvalue weighted by Gasteiger charge is 2.37. The molecule has 134 valence electrons. The zero-order chi connectivity index (χ0) is 17.3. The molecule has 2 aliphatic heterocycles. The van der Waals surface area contributed by atoms with Gasteiger partial charge in [0.2, 0.25) is 0 Å². The Bertz CT molecular complexity index is 566. The lowest BCUT2D eigenvalue weighted by Crippen LogP contribution is -2.48. The first-order valence-corrected chi connectivity index (χ1v) is 8.75. The van der Waals surface area contributed by atoms with Crippen molar-refractivity contribution in [3.8, 4) is 0 Å². The van der Waals surface area contributed by atoms with Crippen molar-refractivity contribution in [1.82, 2.24) is 19.8 Å². The van der Waals surface area contributed by atoms with Crippen LogP contribution >= 0.6 is 0 Å². The van der Waals surface area contributed by atoms with Crippen molar-refractivity contribution >= 4 is 5.91 Å². The smallest absolute Gasteiger partial charge is 0.289 e. The second kappa shape index (κ2) is 7.21. The molecule has 2 N–H and O–H groups in total. The molecule has 0 saturated carbocycles. The summed E-state index contributed by atoms with van der Waals surface area (Å²) in [7, 11) is 0. The Kier molecular flexibility index (Phi) is 5.22. The first kappa shape index (κ1) is 17.4. The number of carbonyl (C=O) groups is 1. The summed E-state index contributed by atoms with van der Waals surface area (Å²) in [5.74, 6) is 0.720. The van der Waals surface area contributed by atoms with Crippen molar-refractivity contribution in [2.75, 3.05) is 39.3 Å². The number of nitrogens with zero attached hydrogens (tertiary/aromatic N) is 3. The van der Waals surface area contributed by atoms with Crippen LogP contribution in [0.3, 0.4) is 0 Å². The number of morpholine rings is 1. The minimum atomic E-state index is -0.0761. The fourth-order valence-electron chi connectivity index (χ4n) is 3.95. The van der Waals surface area contributed by atoms with Crippen LogP contribution in [0.5, 0.6) is 0 Å². The fourth-order valence-corrected chi connectivity index (χ4v) is 3.95. The number of aliphatic hydroxyl groups excluding tert-OH is 1. The number of aryl methyl sites for hydroxylation is 1. The van der Waals surface area contributed by atoms with Crippen molar-refractivity contribution in [2.24, 2.45) is 11.8 Å². The third-order valence-corrected chi connectivity index (χ3v) is 4.99. The molecule has 4 atom stereocenters. The van der Waals surface area contributed by atoms with E-state index in [4.69, 9.17) is 4.74 Å². The number of likely N-dealkylation sites (tertiary alicyclic amines) is 1. The lowest BCUT2D eigenvalue weighted by Gasteiger charge is -2.37. The van der Waals surface area contributed by atoms with Crippen molar-refractivity contribution in [3.63, 3.8) is 0 Å². The van der Waals surface area contributed by atoms with Gasteiger partial charge in [0.05, 0.1) is 12.2 Å². The molecule has 3 heterocycles. The Morgan fingerprint density at radius 2 is 1.96 bits per heavy atom. The molecular weight excluding hydrogens is 308 g/mol. The highest BCUT2D eigenvalue weighted by molar-refractivity contribution is 5.90. The Hall–Kier alpha value is -1.44. The minimum Gasteiger partial charge on any atom is -0.396 e. The van der Waals surface area contributed by atoms with Gasteiger partial charge in [-0.05, 0) is 26.7 Å². The van der Waals surface area contributed by atoms with E-state index in [9.17, 15) is 9.90 Å². The van der Waals surface area contributed by atoms with Gasteiger partial charge in [-0.1, -0.05) is 0 Å². The molecular formula is C17H28N4O3. The summed E-state index contributed by atoms with van der Waals surface area (Å²) >= 11 is 0. The summed E-state index contributed by atoms with van der Waals surface area (Å²) in [6.45, 7) is 10.2. The minimum absolute atomic E-state index is 0.0761. The number of hydrogen-bond acceptors (Lipinski definition) is 5. The number of imidazole rings is 1. The maximum absolute atomic E-state index is 12.6. The van der Waals surface area contributed by atoms with Crippen molar-refractivity contribution < 1.29 is 14.6 Å². The number of nitrogens with one attached hydrogen (secondary N) is 1. The Morgan fingerprint density at radius 1 is 1.29 bits per heavy atom. The lowest BCUT2D eigenvalue weighted by molar-refractivity contribution is -0.0726. The Balaban J connectivity index is 1.63. The molecule has 3 rings (SSSR count).